The van der Waals surface area contributed by atoms with Crippen molar-refractivity contribution in [3.8, 4) is 11.5 Å². The van der Waals surface area contributed by atoms with E-state index in [1.54, 1.807) is 7.11 Å². The highest BCUT2D eigenvalue weighted by Gasteiger charge is 2.50. The van der Waals surface area contributed by atoms with Gasteiger partial charge in [-0.25, -0.2) is 0 Å². The van der Waals surface area contributed by atoms with Crippen LogP contribution in [-0.4, -0.2) is 26.2 Å². The lowest BCUT2D eigenvalue weighted by Gasteiger charge is -2.16. The fraction of sp³-hybridized carbons (Fsp3) is 0.316. The molecule has 126 valence electrons. The molecule has 5 heteroatoms. The molecule has 0 bridgehead atoms. The van der Waals surface area contributed by atoms with Crippen LogP contribution in [0.3, 0.4) is 0 Å². The number of methoxy groups -OCH3 is 1. The van der Waals surface area contributed by atoms with Crippen LogP contribution in [-0.2, 0) is 10.2 Å². The smallest absolute Gasteiger partial charge is 0.230 e. The molecule has 4 nitrogen and oxygen atoms in total. The molecule has 1 fully saturated rings. The molecule has 0 unspecified atom stereocenters. The van der Waals surface area contributed by atoms with E-state index in [0.717, 1.165) is 34.4 Å². The Labute approximate surface area is 150 Å². The summed E-state index contributed by atoms with van der Waals surface area (Å²) in [7, 11) is 1.63. The zero-order valence-corrected chi connectivity index (χ0v) is 15.1. The molecule has 0 heterocycles. The first-order valence-corrected chi connectivity index (χ1v) is 8.74. The molecule has 1 aliphatic rings. The van der Waals surface area contributed by atoms with Crippen molar-refractivity contribution >= 4 is 21.8 Å². The van der Waals surface area contributed by atoms with E-state index >= 15 is 0 Å². The second-order valence-electron chi connectivity index (χ2n) is 5.87. The Kier molecular flexibility index (Phi) is 5.09. The SMILES string of the molecule is COc1ccc(OCCNC(=O)C2(c3ccc(Br)cc3)CC2)cc1. The van der Waals surface area contributed by atoms with Crippen LogP contribution in [0.4, 0.5) is 0 Å². The second-order valence-corrected chi connectivity index (χ2v) is 6.78. The largest absolute Gasteiger partial charge is 0.497 e. The molecule has 0 radical (unpaired) electrons. The van der Waals surface area contributed by atoms with Gasteiger partial charge >= 0.3 is 0 Å². The zero-order valence-electron chi connectivity index (χ0n) is 13.5. The molecular weight excluding hydrogens is 370 g/mol. The van der Waals surface area contributed by atoms with Crippen LogP contribution >= 0.6 is 15.9 Å². The van der Waals surface area contributed by atoms with Gasteiger partial charge in [0, 0.05) is 4.47 Å². The Balaban J connectivity index is 1.48. The standard InChI is InChI=1S/C19H20BrNO3/c1-23-16-6-8-17(9-7-16)24-13-12-21-18(22)19(10-11-19)14-2-4-15(20)5-3-14/h2-9H,10-13H2,1H3,(H,21,22). The summed E-state index contributed by atoms with van der Waals surface area (Å²) >= 11 is 3.43. The number of rotatable bonds is 7. The molecule has 1 saturated carbocycles. The van der Waals surface area contributed by atoms with Crippen LogP contribution in [0.1, 0.15) is 18.4 Å². The molecule has 1 N–H and O–H groups in total. The van der Waals surface area contributed by atoms with Crippen LogP contribution < -0.4 is 14.8 Å². The van der Waals surface area contributed by atoms with E-state index in [2.05, 4.69) is 21.2 Å². The van der Waals surface area contributed by atoms with Gasteiger partial charge in [-0.15, -0.1) is 0 Å². The fourth-order valence-corrected chi connectivity index (χ4v) is 2.98. The van der Waals surface area contributed by atoms with Crippen LogP contribution in [0.2, 0.25) is 0 Å². The number of amides is 1. The van der Waals surface area contributed by atoms with Crippen molar-refractivity contribution in [1.82, 2.24) is 5.32 Å². The molecule has 0 spiro atoms. The van der Waals surface area contributed by atoms with Crippen molar-refractivity contribution in [1.29, 1.82) is 0 Å². The van der Waals surface area contributed by atoms with Gasteiger partial charge in [-0.1, -0.05) is 28.1 Å². The van der Waals surface area contributed by atoms with Crippen molar-refractivity contribution < 1.29 is 14.3 Å². The zero-order chi connectivity index (χ0) is 17.0. The lowest BCUT2D eigenvalue weighted by atomic mass is 9.95. The molecule has 2 aromatic rings. The van der Waals surface area contributed by atoms with Gasteiger partial charge in [-0.3, -0.25) is 4.79 Å². The van der Waals surface area contributed by atoms with Gasteiger partial charge in [0.1, 0.15) is 18.1 Å². The van der Waals surface area contributed by atoms with Crippen LogP contribution in [0.15, 0.2) is 53.0 Å². The van der Waals surface area contributed by atoms with E-state index in [-0.39, 0.29) is 11.3 Å². The fourth-order valence-electron chi connectivity index (χ4n) is 2.72. The monoisotopic (exact) mass is 389 g/mol. The summed E-state index contributed by atoms with van der Waals surface area (Å²) in [4.78, 5) is 12.5. The molecule has 0 atom stereocenters. The number of hydrogen-bond acceptors (Lipinski definition) is 3. The summed E-state index contributed by atoms with van der Waals surface area (Å²) < 4.78 is 11.8. The maximum atomic E-state index is 12.5. The summed E-state index contributed by atoms with van der Waals surface area (Å²) in [6, 6.07) is 15.4. The highest BCUT2D eigenvalue weighted by atomic mass is 79.9. The molecule has 24 heavy (non-hydrogen) atoms. The minimum atomic E-state index is -0.346. The number of ether oxygens (including phenoxy) is 2. The van der Waals surface area contributed by atoms with E-state index in [1.807, 2.05) is 48.5 Å². The van der Waals surface area contributed by atoms with Crippen molar-refractivity contribution in [2.75, 3.05) is 20.3 Å². The van der Waals surface area contributed by atoms with Crippen LogP contribution in [0, 0.1) is 0 Å². The molecule has 1 aliphatic carbocycles. The second kappa shape index (κ2) is 7.26. The van der Waals surface area contributed by atoms with Gasteiger partial charge in [-0.2, -0.15) is 0 Å². The third-order valence-electron chi connectivity index (χ3n) is 4.30. The number of halogens is 1. The van der Waals surface area contributed by atoms with E-state index in [1.165, 1.54) is 0 Å². The highest BCUT2D eigenvalue weighted by Crippen LogP contribution is 2.48. The predicted octanol–water partition coefficient (Wildman–Crippen LogP) is 3.68. The molecule has 2 aromatic carbocycles. The Morgan fingerprint density at radius 2 is 1.71 bits per heavy atom. The van der Waals surface area contributed by atoms with Gasteiger partial charge in [0.15, 0.2) is 0 Å². The van der Waals surface area contributed by atoms with Crippen molar-refractivity contribution in [3.05, 3.63) is 58.6 Å². The first kappa shape index (κ1) is 16.8. The quantitative estimate of drug-likeness (QED) is 0.734. The Morgan fingerprint density at radius 1 is 1.08 bits per heavy atom. The number of carbonyl (C=O) groups excluding carboxylic acids is 1. The lowest BCUT2D eigenvalue weighted by Crippen LogP contribution is -2.37. The highest BCUT2D eigenvalue weighted by molar-refractivity contribution is 9.10. The Hall–Kier alpha value is -2.01. The van der Waals surface area contributed by atoms with E-state index in [9.17, 15) is 4.79 Å². The van der Waals surface area contributed by atoms with E-state index in [4.69, 9.17) is 9.47 Å². The molecular formula is C19H20BrNO3. The summed E-state index contributed by atoms with van der Waals surface area (Å²) in [6.07, 6.45) is 1.81. The maximum absolute atomic E-state index is 12.5. The van der Waals surface area contributed by atoms with Gasteiger partial charge in [0.05, 0.1) is 19.1 Å². The van der Waals surface area contributed by atoms with E-state index < -0.39 is 0 Å². The lowest BCUT2D eigenvalue weighted by molar-refractivity contribution is -0.123. The minimum absolute atomic E-state index is 0.0863. The Bertz CT molecular complexity index is 694. The van der Waals surface area contributed by atoms with Crippen molar-refractivity contribution in [2.24, 2.45) is 0 Å². The molecule has 0 aromatic heterocycles. The van der Waals surface area contributed by atoms with Gasteiger partial charge in [0.25, 0.3) is 0 Å². The topological polar surface area (TPSA) is 47.6 Å². The van der Waals surface area contributed by atoms with Crippen molar-refractivity contribution in [3.63, 3.8) is 0 Å². The first-order chi connectivity index (χ1) is 11.6. The molecule has 0 saturated heterocycles. The average Bonchev–Trinajstić information content (AvgIpc) is 3.41. The summed E-state index contributed by atoms with van der Waals surface area (Å²) in [6.45, 7) is 0.928. The van der Waals surface area contributed by atoms with Gasteiger partial charge in [0.2, 0.25) is 5.91 Å². The summed E-state index contributed by atoms with van der Waals surface area (Å²) in [5.41, 5.74) is 0.736. The summed E-state index contributed by atoms with van der Waals surface area (Å²) in [5.74, 6) is 1.64. The number of carbonyl (C=O) groups is 1. The average molecular weight is 390 g/mol. The molecule has 1 amide bonds. The van der Waals surface area contributed by atoms with Crippen LogP contribution in [0.25, 0.3) is 0 Å². The van der Waals surface area contributed by atoms with E-state index in [0.29, 0.717) is 13.2 Å². The van der Waals surface area contributed by atoms with Crippen LogP contribution in [0.5, 0.6) is 11.5 Å². The molecule has 3 rings (SSSR count). The maximum Gasteiger partial charge on any atom is 0.230 e. The Morgan fingerprint density at radius 3 is 2.29 bits per heavy atom. The van der Waals surface area contributed by atoms with Crippen molar-refractivity contribution in [2.45, 2.75) is 18.3 Å². The minimum Gasteiger partial charge on any atom is -0.497 e. The number of hydrogen-bond donors (Lipinski definition) is 1. The van der Waals surface area contributed by atoms with Gasteiger partial charge in [-0.05, 0) is 54.8 Å². The predicted molar refractivity (Wildman–Crippen MR) is 96.6 cm³/mol. The third-order valence-corrected chi connectivity index (χ3v) is 4.83. The summed E-state index contributed by atoms with van der Waals surface area (Å²) in [5, 5.41) is 2.99. The van der Waals surface area contributed by atoms with Gasteiger partial charge < -0.3 is 14.8 Å². The normalized spacial score (nSPS) is 14.8. The third kappa shape index (κ3) is 3.73. The molecule has 0 aliphatic heterocycles. The number of nitrogens with one attached hydrogen (secondary N) is 1. The number of benzene rings is 2. The first-order valence-electron chi connectivity index (χ1n) is 7.95.